The second-order valence-corrected chi connectivity index (χ2v) is 4.49. The number of carbonyl (C=O) groups excluding carboxylic acids is 1. The number of hydrogen-bond donors (Lipinski definition) is 2. The highest BCUT2D eigenvalue weighted by Crippen LogP contribution is 2.22. The Bertz CT molecular complexity index is 209. The topological polar surface area (TPSA) is 50.4 Å². The fourth-order valence-corrected chi connectivity index (χ4v) is 1.97. The van der Waals surface area contributed by atoms with Gasteiger partial charge in [0.2, 0.25) is 5.91 Å². The normalized spacial score (nSPS) is 24.6. The Morgan fingerprint density at radius 3 is 2.81 bits per heavy atom. The first-order valence-electron chi connectivity index (χ1n) is 6.29. The molecule has 1 saturated heterocycles. The van der Waals surface area contributed by atoms with Crippen LogP contribution in [-0.4, -0.2) is 38.3 Å². The van der Waals surface area contributed by atoms with Crippen LogP contribution < -0.4 is 10.6 Å². The maximum Gasteiger partial charge on any atom is 0.220 e. The fraction of sp³-hybridized carbons (Fsp3) is 0.917. The lowest BCUT2D eigenvalue weighted by Crippen LogP contribution is -2.27. The van der Waals surface area contributed by atoms with Gasteiger partial charge in [0.05, 0.1) is 12.2 Å². The van der Waals surface area contributed by atoms with Crippen molar-refractivity contribution in [3.8, 4) is 0 Å². The summed E-state index contributed by atoms with van der Waals surface area (Å²) < 4.78 is 5.66. The van der Waals surface area contributed by atoms with Crippen LogP contribution in [0.15, 0.2) is 0 Å². The van der Waals surface area contributed by atoms with Crippen molar-refractivity contribution in [2.75, 3.05) is 20.1 Å². The van der Waals surface area contributed by atoms with Crippen molar-refractivity contribution >= 4 is 5.91 Å². The van der Waals surface area contributed by atoms with Gasteiger partial charge in [0.1, 0.15) is 0 Å². The molecule has 4 heteroatoms. The lowest BCUT2D eigenvalue weighted by molar-refractivity contribution is -0.121. The molecule has 0 spiro atoms. The minimum atomic E-state index is 0.152. The molecule has 0 radical (unpaired) electrons. The number of hydrogen-bond acceptors (Lipinski definition) is 3. The Morgan fingerprint density at radius 2 is 2.19 bits per heavy atom. The van der Waals surface area contributed by atoms with E-state index in [1.807, 2.05) is 7.05 Å². The van der Waals surface area contributed by atoms with Crippen LogP contribution in [0.3, 0.4) is 0 Å². The summed E-state index contributed by atoms with van der Waals surface area (Å²) in [6.07, 6.45) is 5.36. The molecule has 0 bridgehead atoms. The van der Waals surface area contributed by atoms with Gasteiger partial charge in [-0.25, -0.2) is 0 Å². The van der Waals surface area contributed by atoms with Crippen LogP contribution in [0, 0.1) is 0 Å². The standard InChI is InChI=1S/C12H24N2O2/c1-10-4-5-11(16-10)6-7-12(15)14-9-3-8-13-2/h10-11,13H,3-9H2,1-2H3,(H,14,15). The molecular weight excluding hydrogens is 204 g/mol. The molecule has 16 heavy (non-hydrogen) atoms. The lowest BCUT2D eigenvalue weighted by Gasteiger charge is -2.10. The molecule has 0 saturated carbocycles. The van der Waals surface area contributed by atoms with Crippen LogP contribution >= 0.6 is 0 Å². The maximum absolute atomic E-state index is 11.5. The first-order valence-corrected chi connectivity index (χ1v) is 6.29. The Kier molecular flexibility index (Phi) is 6.42. The van der Waals surface area contributed by atoms with E-state index in [2.05, 4.69) is 17.6 Å². The minimum absolute atomic E-state index is 0.152. The van der Waals surface area contributed by atoms with E-state index in [9.17, 15) is 4.79 Å². The molecule has 0 aromatic heterocycles. The van der Waals surface area contributed by atoms with Gasteiger partial charge in [-0.1, -0.05) is 0 Å². The summed E-state index contributed by atoms with van der Waals surface area (Å²) in [5.74, 6) is 0.152. The smallest absolute Gasteiger partial charge is 0.220 e. The predicted molar refractivity (Wildman–Crippen MR) is 64.4 cm³/mol. The third-order valence-electron chi connectivity index (χ3n) is 2.94. The van der Waals surface area contributed by atoms with E-state index in [1.54, 1.807) is 0 Å². The maximum atomic E-state index is 11.5. The summed E-state index contributed by atoms with van der Waals surface area (Å²) in [5.41, 5.74) is 0. The van der Waals surface area contributed by atoms with Gasteiger partial charge < -0.3 is 15.4 Å². The predicted octanol–water partition coefficient (Wildman–Crippen LogP) is 1.06. The average molecular weight is 228 g/mol. The number of nitrogens with one attached hydrogen (secondary N) is 2. The molecule has 4 nitrogen and oxygen atoms in total. The van der Waals surface area contributed by atoms with Gasteiger partial charge in [-0.3, -0.25) is 4.79 Å². The van der Waals surface area contributed by atoms with Gasteiger partial charge in [-0.15, -0.1) is 0 Å². The monoisotopic (exact) mass is 228 g/mol. The zero-order valence-corrected chi connectivity index (χ0v) is 10.4. The number of rotatable bonds is 7. The highest BCUT2D eigenvalue weighted by Gasteiger charge is 2.21. The zero-order chi connectivity index (χ0) is 11.8. The van der Waals surface area contributed by atoms with Crippen molar-refractivity contribution in [2.45, 2.75) is 51.2 Å². The van der Waals surface area contributed by atoms with E-state index in [0.717, 1.165) is 38.8 Å². The number of amides is 1. The first kappa shape index (κ1) is 13.5. The van der Waals surface area contributed by atoms with Gasteiger partial charge in [0.15, 0.2) is 0 Å². The average Bonchev–Trinajstić information content (AvgIpc) is 2.68. The summed E-state index contributed by atoms with van der Waals surface area (Å²) >= 11 is 0. The first-order chi connectivity index (χ1) is 7.72. The van der Waals surface area contributed by atoms with Gasteiger partial charge in [-0.2, -0.15) is 0 Å². The van der Waals surface area contributed by atoms with Crippen LogP contribution in [0.1, 0.15) is 39.0 Å². The van der Waals surface area contributed by atoms with Crippen molar-refractivity contribution in [2.24, 2.45) is 0 Å². The molecule has 0 aliphatic carbocycles. The molecule has 1 rings (SSSR count). The van der Waals surface area contributed by atoms with Crippen molar-refractivity contribution in [1.82, 2.24) is 10.6 Å². The quantitative estimate of drug-likeness (QED) is 0.641. The van der Waals surface area contributed by atoms with E-state index in [4.69, 9.17) is 4.74 Å². The Balaban J connectivity index is 1.97. The molecule has 1 fully saturated rings. The second-order valence-electron chi connectivity index (χ2n) is 4.49. The molecule has 2 unspecified atom stereocenters. The molecule has 1 aliphatic rings. The highest BCUT2D eigenvalue weighted by molar-refractivity contribution is 5.75. The summed E-state index contributed by atoms with van der Waals surface area (Å²) in [6.45, 7) is 3.81. The van der Waals surface area contributed by atoms with E-state index in [-0.39, 0.29) is 5.91 Å². The Labute approximate surface area is 98.1 Å². The van der Waals surface area contributed by atoms with Crippen LogP contribution in [-0.2, 0) is 9.53 Å². The van der Waals surface area contributed by atoms with Crippen molar-refractivity contribution in [3.63, 3.8) is 0 Å². The van der Waals surface area contributed by atoms with Gasteiger partial charge in [-0.05, 0) is 46.2 Å². The lowest BCUT2D eigenvalue weighted by atomic mass is 10.1. The molecule has 2 N–H and O–H groups in total. The Morgan fingerprint density at radius 1 is 1.38 bits per heavy atom. The van der Waals surface area contributed by atoms with Crippen molar-refractivity contribution in [3.05, 3.63) is 0 Å². The molecule has 94 valence electrons. The van der Waals surface area contributed by atoms with E-state index < -0.39 is 0 Å². The van der Waals surface area contributed by atoms with Crippen LogP contribution in [0.4, 0.5) is 0 Å². The fourth-order valence-electron chi connectivity index (χ4n) is 1.97. The summed E-state index contributed by atoms with van der Waals surface area (Å²) in [7, 11) is 1.92. The molecular formula is C12H24N2O2. The number of carbonyl (C=O) groups is 1. The molecule has 0 aromatic carbocycles. The van der Waals surface area contributed by atoms with E-state index in [0.29, 0.717) is 18.6 Å². The molecule has 0 aromatic rings. The largest absolute Gasteiger partial charge is 0.375 e. The van der Waals surface area contributed by atoms with Crippen LogP contribution in [0.5, 0.6) is 0 Å². The van der Waals surface area contributed by atoms with Crippen LogP contribution in [0.2, 0.25) is 0 Å². The second kappa shape index (κ2) is 7.63. The van der Waals surface area contributed by atoms with Gasteiger partial charge in [0.25, 0.3) is 0 Å². The van der Waals surface area contributed by atoms with E-state index in [1.165, 1.54) is 0 Å². The summed E-state index contributed by atoms with van der Waals surface area (Å²) in [5, 5.41) is 5.97. The highest BCUT2D eigenvalue weighted by atomic mass is 16.5. The SMILES string of the molecule is CNCCCNC(=O)CCC1CCC(C)O1. The zero-order valence-electron chi connectivity index (χ0n) is 10.4. The van der Waals surface area contributed by atoms with Crippen molar-refractivity contribution in [1.29, 1.82) is 0 Å². The minimum Gasteiger partial charge on any atom is -0.375 e. The molecule has 2 atom stereocenters. The molecule has 1 heterocycles. The third-order valence-corrected chi connectivity index (χ3v) is 2.94. The summed E-state index contributed by atoms with van der Waals surface area (Å²) in [6, 6.07) is 0. The van der Waals surface area contributed by atoms with Gasteiger partial charge in [0, 0.05) is 13.0 Å². The number of ether oxygens (including phenoxy) is 1. The van der Waals surface area contributed by atoms with Gasteiger partial charge >= 0.3 is 0 Å². The van der Waals surface area contributed by atoms with E-state index >= 15 is 0 Å². The molecule has 1 aliphatic heterocycles. The van der Waals surface area contributed by atoms with Crippen molar-refractivity contribution < 1.29 is 9.53 Å². The summed E-state index contributed by atoms with van der Waals surface area (Å²) in [4.78, 5) is 11.5. The Hall–Kier alpha value is -0.610. The third kappa shape index (κ3) is 5.47. The molecule has 1 amide bonds. The van der Waals surface area contributed by atoms with Crippen LogP contribution in [0.25, 0.3) is 0 Å².